The Morgan fingerprint density at radius 2 is 1.72 bits per heavy atom. The lowest BCUT2D eigenvalue weighted by Crippen LogP contribution is -2.42. The number of alkyl halides is 3. The minimum Gasteiger partial charge on any atom is -0.431 e. The monoisotopic (exact) mass is 541 g/mol. The van der Waals surface area contributed by atoms with E-state index in [1.807, 2.05) is 4.90 Å². The molecule has 5 rings (SSSR count). The fraction of sp³-hybridized carbons (Fsp3) is 0.429. The van der Waals surface area contributed by atoms with Gasteiger partial charge in [0.05, 0.1) is 11.9 Å². The quantitative estimate of drug-likeness (QED) is 0.381. The van der Waals surface area contributed by atoms with Crippen molar-refractivity contribution in [1.82, 2.24) is 14.9 Å². The predicted octanol–water partition coefficient (Wildman–Crippen LogP) is 5.99. The normalized spacial score (nSPS) is 16.8. The van der Waals surface area contributed by atoms with Gasteiger partial charge in [0.25, 0.3) is 5.91 Å². The average molecular weight is 542 g/mol. The molecule has 2 fully saturated rings. The molecule has 206 valence electrons. The summed E-state index contributed by atoms with van der Waals surface area (Å²) in [6.45, 7) is 1.39. The van der Waals surface area contributed by atoms with Gasteiger partial charge in [0.2, 0.25) is 17.6 Å². The summed E-state index contributed by atoms with van der Waals surface area (Å²) in [6, 6.07) is 11.4. The van der Waals surface area contributed by atoms with Crippen molar-refractivity contribution in [3.05, 3.63) is 60.1 Å². The van der Waals surface area contributed by atoms with Crippen LogP contribution in [-0.4, -0.2) is 45.8 Å². The van der Waals surface area contributed by atoms with Crippen LogP contribution in [0.15, 0.2) is 53.1 Å². The Morgan fingerprint density at radius 1 is 1.00 bits per heavy atom. The highest BCUT2D eigenvalue weighted by Gasteiger charge is 2.42. The van der Waals surface area contributed by atoms with Crippen LogP contribution in [0.2, 0.25) is 0 Å². The summed E-state index contributed by atoms with van der Waals surface area (Å²) in [6.07, 6.45) is 3.48. The number of likely N-dealkylation sites (tertiary alicyclic amines) is 1. The first-order valence-corrected chi connectivity index (χ1v) is 13.2. The van der Waals surface area contributed by atoms with Crippen LogP contribution >= 0.6 is 0 Å². The molecule has 3 aromatic rings. The van der Waals surface area contributed by atoms with E-state index in [0.717, 1.165) is 25.7 Å². The topological polar surface area (TPSA) is 100 Å². The average Bonchev–Trinajstić information content (AvgIpc) is 3.61. The van der Waals surface area contributed by atoms with E-state index in [-0.39, 0.29) is 23.5 Å². The van der Waals surface area contributed by atoms with Crippen molar-refractivity contribution in [3.8, 4) is 11.5 Å². The summed E-state index contributed by atoms with van der Waals surface area (Å²) >= 11 is 0. The first-order valence-electron chi connectivity index (χ1n) is 13.2. The zero-order valence-corrected chi connectivity index (χ0v) is 21.3. The van der Waals surface area contributed by atoms with Gasteiger partial charge in [-0.3, -0.25) is 9.59 Å². The number of rotatable bonds is 7. The van der Waals surface area contributed by atoms with Crippen LogP contribution < -0.4 is 10.6 Å². The molecule has 39 heavy (non-hydrogen) atoms. The maximum Gasteiger partial charge on any atom is 0.452 e. The third-order valence-electron chi connectivity index (χ3n) is 7.28. The van der Waals surface area contributed by atoms with Gasteiger partial charge in [-0.25, -0.2) is 9.97 Å². The number of amides is 2. The standard InChI is InChI=1S/C28H30F3N5O3/c29-28(30,31)25-24(35-27(39-25)19-8-2-1-3-9-19)26(38)34-21-10-11-22(32-17-21)33-20-12-14-36(15-13-20)23(37)16-18-6-4-5-7-18/h1-3,8-11,17-18,20H,4-7,12-16H2,(H,32,33)(H,34,38). The fourth-order valence-electron chi connectivity index (χ4n) is 5.19. The second kappa shape index (κ2) is 11.5. The molecule has 2 aromatic heterocycles. The van der Waals surface area contributed by atoms with Crippen molar-refractivity contribution in [2.24, 2.45) is 5.92 Å². The van der Waals surface area contributed by atoms with Gasteiger partial charge in [0.15, 0.2) is 5.69 Å². The molecule has 1 saturated heterocycles. The lowest BCUT2D eigenvalue weighted by molar-refractivity contribution is -0.153. The highest BCUT2D eigenvalue weighted by molar-refractivity contribution is 6.04. The number of oxazole rings is 1. The van der Waals surface area contributed by atoms with Crippen LogP contribution in [0.5, 0.6) is 0 Å². The molecule has 0 radical (unpaired) electrons. The number of benzene rings is 1. The Morgan fingerprint density at radius 3 is 2.36 bits per heavy atom. The Kier molecular flexibility index (Phi) is 7.85. The summed E-state index contributed by atoms with van der Waals surface area (Å²) < 4.78 is 45.6. The van der Waals surface area contributed by atoms with E-state index in [4.69, 9.17) is 4.42 Å². The fourth-order valence-corrected chi connectivity index (χ4v) is 5.19. The smallest absolute Gasteiger partial charge is 0.431 e. The molecule has 11 heteroatoms. The highest BCUT2D eigenvalue weighted by Crippen LogP contribution is 2.35. The number of aromatic nitrogens is 2. The first-order chi connectivity index (χ1) is 18.8. The molecule has 0 spiro atoms. The minimum absolute atomic E-state index is 0.148. The Hall–Kier alpha value is -3.89. The zero-order chi connectivity index (χ0) is 27.4. The molecular formula is C28H30F3N5O3. The molecule has 0 bridgehead atoms. The summed E-state index contributed by atoms with van der Waals surface area (Å²) in [5, 5.41) is 5.76. The van der Waals surface area contributed by atoms with E-state index in [0.29, 0.717) is 36.8 Å². The number of carbonyl (C=O) groups excluding carboxylic acids is 2. The third kappa shape index (κ3) is 6.58. The van der Waals surface area contributed by atoms with Crippen molar-refractivity contribution in [1.29, 1.82) is 0 Å². The van der Waals surface area contributed by atoms with Gasteiger partial charge >= 0.3 is 6.18 Å². The summed E-state index contributed by atoms with van der Waals surface area (Å²) in [4.78, 5) is 35.4. The van der Waals surface area contributed by atoms with Gasteiger partial charge in [-0.15, -0.1) is 0 Å². The van der Waals surface area contributed by atoms with E-state index in [1.54, 1.807) is 42.5 Å². The number of piperidine rings is 1. The summed E-state index contributed by atoms with van der Waals surface area (Å²) in [5.41, 5.74) is -0.309. The summed E-state index contributed by atoms with van der Waals surface area (Å²) in [5.74, 6) is -1.45. The van der Waals surface area contributed by atoms with Crippen molar-refractivity contribution < 1.29 is 27.2 Å². The number of hydrogen-bond acceptors (Lipinski definition) is 6. The maximum atomic E-state index is 13.6. The van der Waals surface area contributed by atoms with Gasteiger partial charge in [-0.1, -0.05) is 31.0 Å². The Labute approximate surface area is 224 Å². The lowest BCUT2D eigenvalue weighted by atomic mass is 10.0. The van der Waals surface area contributed by atoms with Crippen LogP contribution in [0.3, 0.4) is 0 Å². The second-order valence-corrected chi connectivity index (χ2v) is 10.1. The van der Waals surface area contributed by atoms with Crippen LogP contribution in [0.25, 0.3) is 11.5 Å². The highest BCUT2D eigenvalue weighted by atomic mass is 19.4. The molecule has 1 aromatic carbocycles. The number of pyridine rings is 1. The van der Waals surface area contributed by atoms with E-state index in [2.05, 4.69) is 20.6 Å². The van der Waals surface area contributed by atoms with Crippen LogP contribution in [0.1, 0.15) is 61.2 Å². The molecule has 0 atom stereocenters. The number of carbonyl (C=O) groups is 2. The number of nitrogens with zero attached hydrogens (tertiary/aromatic N) is 3. The second-order valence-electron chi connectivity index (χ2n) is 10.1. The molecule has 1 aliphatic heterocycles. The van der Waals surface area contributed by atoms with Crippen molar-refractivity contribution >= 4 is 23.3 Å². The number of halogens is 3. The zero-order valence-electron chi connectivity index (χ0n) is 21.3. The largest absolute Gasteiger partial charge is 0.452 e. The molecule has 2 aliphatic rings. The minimum atomic E-state index is -4.89. The van der Waals surface area contributed by atoms with Gasteiger partial charge in [0, 0.05) is 31.1 Å². The molecule has 2 N–H and O–H groups in total. The van der Waals surface area contributed by atoms with E-state index in [9.17, 15) is 22.8 Å². The van der Waals surface area contributed by atoms with E-state index >= 15 is 0 Å². The van der Waals surface area contributed by atoms with Crippen LogP contribution in [-0.2, 0) is 11.0 Å². The Balaban J connectivity index is 1.16. The van der Waals surface area contributed by atoms with E-state index < -0.39 is 23.5 Å². The molecule has 1 saturated carbocycles. The van der Waals surface area contributed by atoms with Gasteiger partial charge in [-0.2, -0.15) is 13.2 Å². The molecule has 2 amide bonds. The third-order valence-corrected chi connectivity index (χ3v) is 7.28. The lowest BCUT2D eigenvalue weighted by Gasteiger charge is -2.33. The maximum absolute atomic E-state index is 13.6. The molecule has 3 heterocycles. The number of anilines is 2. The van der Waals surface area contributed by atoms with Crippen LogP contribution in [0, 0.1) is 5.92 Å². The molecule has 1 aliphatic carbocycles. The molecule has 8 nitrogen and oxygen atoms in total. The Bertz CT molecular complexity index is 1280. The first kappa shape index (κ1) is 26.7. The van der Waals surface area contributed by atoms with Gasteiger partial charge in [-0.05, 0) is 55.9 Å². The van der Waals surface area contributed by atoms with Crippen molar-refractivity contribution in [3.63, 3.8) is 0 Å². The van der Waals surface area contributed by atoms with E-state index in [1.165, 1.54) is 19.0 Å². The number of nitrogens with one attached hydrogen (secondary N) is 2. The summed E-state index contributed by atoms with van der Waals surface area (Å²) in [7, 11) is 0. The molecular weight excluding hydrogens is 511 g/mol. The van der Waals surface area contributed by atoms with Gasteiger partial charge in [0.1, 0.15) is 5.82 Å². The van der Waals surface area contributed by atoms with Crippen molar-refractivity contribution in [2.45, 2.75) is 57.2 Å². The SMILES string of the molecule is O=C(Nc1ccc(NC2CCN(C(=O)CC3CCCC3)CC2)nc1)c1nc(-c2ccccc2)oc1C(F)(F)F. The van der Waals surface area contributed by atoms with Crippen molar-refractivity contribution in [2.75, 3.05) is 23.7 Å². The van der Waals surface area contributed by atoms with Gasteiger partial charge < -0.3 is 20.0 Å². The predicted molar refractivity (Wildman–Crippen MR) is 139 cm³/mol. The number of hydrogen-bond donors (Lipinski definition) is 2. The van der Waals surface area contributed by atoms with Crippen LogP contribution in [0.4, 0.5) is 24.7 Å². The molecule has 0 unspecified atom stereocenters.